The van der Waals surface area contributed by atoms with Crippen molar-refractivity contribution in [2.45, 2.75) is 50.9 Å². The van der Waals surface area contributed by atoms with Gasteiger partial charge in [-0.05, 0) is 24.3 Å². The van der Waals surface area contributed by atoms with Crippen LogP contribution in [-0.2, 0) is 4.79 Å². The predicted molar refractivity (Wildman–Crippen MR) is 96.6 cm³/mol. The number of thiazole rings is 1. The van der Waals surface area contributed by atoms with E-state index in [2.05, 4.69) is 22.4 Å². The number of ketones is 1. The lowest BCUT2D eigenvalue weighted by atomic mass is 9.84. The number of nitrogens with zero attached hydrogens (tertiary/aromatic N) is 1. The van der Waals surface area contributed by atoms with Crippen LogP contribution >= 0.6 is 11.3 Å². The molecular weight excluding hydrogens is 320 g/mol. The number of aromatic nitrogens is 1. The van der Waals surface area contributed by atoms with Crippen molar-refractivity contribution in [2.75, 3.05) is 5.32 Å². The first-order valence-corrected chi connectivity index (χ1v) is 9.43. The van der Waals surface area contributed by atoms with Gasteiger partial charge in [0.15, 0.2) is 10.9 Å². The Hall–Kier alpha value is -2.01. The van der Waals surface area contributed by atoms with Crippen molar-refractivity contribution in [1.82, 2.24) is 4.98 Å². The molecule has 2 aromatic rings. The maximum absolute atomic E-state index is 12.2. The van der Waals surface area contributed by atoms with Gasteiger partial charge in [0.05, 0.1) is 0 Å². The molecule has 0 spiro atoms. The molecule has 4 nitrogen and oxygen atoms in total. The number of amides is 1. The number of benzene rings is 1. The Morgan fingerprint density at radius 2 is 1.83 bits per heavy atom. The van der Waals surface area contributed by atoms with Crippen LogP contribution in [0.4, 0.5) is 5.13 Å². The lowest BCUT2D eigenvalue weighted by molar-refractivity contribution is -0.116. The molecule has 5 heteroatoms. The Bertz CT molecular complexity index is 674. The molecule has 0 saturated heterocycles. The number of anilines is 1. The van der Waals surface area contributed by atoms with Crippen LogP contribution in [0.15, 0.2) is 35.8 Å². The van der Waals surface area contributed by atoms with Crippen molar-refractivity contribution < 1.29 is 9.59 Å². The molecule has 0 radical (unpaired) electrons. The molecule has 126 valence electrons. The van der Waals surface area contributed by atoms with Crippen molar-refractivity contribution >= 4 is 28.2 Å². The highest BCUT2D eigenvalue weighted by molar-refractivity contribution is 7.13. The topological polar surface area (TPSA) is 59.1 Å². The minimum Gasteiger partial charge on any atom is -0.302 e. The van der Waals surface area contributed by atoms with Crippen LogP contribution < -0.4 is 5.32 Å². The van der Waals surface area contributed by atoms with Crippen molar-refractivity contribution in [3.05, 3.63) is 47.0 Å². The summed E-state index contributed by atoms with van der Waals surface area (Å²) in [6, 6.07) is 7.98. The van der Waals surface area contributed by atoms with Gasteiger partial charge in [0.1, 0.15) is 0 Å². The molecule has 0 atom stereocenters. The van der Waals surface area contributed by atoms with E-state index >= 15 is 0 Å². The second kappa shape index (κ2) is 8.20. The van der Waals surface area contributed by atoms with Crippen LogP contribution in [0.3, 0.4) is 0 Å². The maximum atomic E-state index is 12.2. The van der Waals surface area contributed by atoms with E-state index in [4.69, 9.17) is 0 Å². The average molecular weight is 342 g/mol. The van der Waals surface area contributed by atoms with E-state index in [1.807, 2.05) is 12.1 Å². The zero-order valence-electron chi connectivity index (χ0n) is 13.7. The first kappa shape index (κ1) is 16.8. The van der Waals surface area contributed by atoms with Gasteiger partial charge in [-0.1, -0.05) is 43.5 Å². The number of carbonyl (C=O) groups is 2. The first-order chi connectivity index (χ1) is 11.7. The van der Waals surface area contributed by atoms with Gasteiger partial charge >= 0.3 is 0 Å². The minimum absolute atomic E-state index is 0.0134. The molecule has 1 amide bonds. The zero-order valence-corrected chi connectivity index (χ0v) is 14.5. The Kier molecular flexibility index (Phi) is 5.75. The van der Waals surface area contributed by atoms with Crippen molar-refractivity contribution in [1.29, 1.82) is 0 Å². The number of carbonyl (C=O) groups excluding carboxylic acids is 2. The summed E-state index contributed by atoms with van der Waals surface area (Å²) in [4.78, 5) is 28.1. The Morgan fingerprint density at radius 1 is 1.08 bits per heavy atom. The van der Waals surface area contributed by atoms with Crippen LogP contribution in [0.2, 0.25) is 0 Å². The largest absolute Gasteiger partial charge is 0.302 e. The molecular formula is C19H22N2O2S. The van der Waals surface area contributed by atoms with Crippen LogP contribution in [0.5, 0.6) is 0 Å². The summed E-state index contributed by atoms with van der Waals surface area (Å²) >= 11 is 1.37. The van der Waals surface area contributed by atoms with Crippen molar-refractivity contribution in [3.63, 3.8) is 0 Å². The van der Waals surface area contributed by atoms with Crippen molar-refractivity contribution in [3.8, 4) is 0 Å². The molecule has 1 aliphatic rings. The molecule has 24 heavy (non-hydrogen) atoms. The Balaban J connectivity index is 1.50. The van der Waals surface area contributed by atoms with E-state index in [9.17, 15) is 9.59 Å². The quantitative estimate of drug-likeness (QED) is 0.768. The number of rotatable bonds is 6. The smallest absolute Gasteiger partial charge is 0.226 e. The van der Waals surface area contributed by atoms with Gasteiger partial charge in [0, 0.05) is 30.0 Å². The minimum atomic E-state index is -0.169. The van der Waals surface area contributed by atoms with E-state index < -0.39 is 0 Å². The highest BCUT2D eigenvalue weighted by atomic mass is 32.1. The molecule has 3 rings (SSSR count). The molecule has 1 heterocycles. The van der Waals surface area contributed by atoms with E-state index in [0.717, 1.165) is 0 Å². The number of Topliss-reactive ketones (excluding diaryl/α,β-unsaturated/α-hetero) is 1. The molecule has 1 aromatic carbocycles. The van der Waals surface area contributed by atoms with Crippen LogP contribution in [0, 0.1) is 0 Å². The average Bonchev–Trinajstić information content (AvgIpc) is 3.13. The second-order valence-corrected chi connectivity index (χ2v) is 7.16. The van der Waals surface area contributed by atoms with E-state index in [1.165, 1.54) is 49.0 Å². The monoisotopic (exact) mass is 342 g/mol. The predicted octanol–water partition coefficient (Wildman–Crippen LogP) is 4.79. The molecule has 1 saturated carbocycles. The van der Waals surface area contributed by atoms with E-state index in [-0.39, 0.29) is 24.5 Å². The van der Waals surface area contributed by atoms with Crippen molar-refractivity contribution in [2.24, 2.45) is 0 Å². The standard InChI is InChI=1S/C19H22N2O2S/c22-17(10-11-18(23)21-19-20-12-13-24-19)16-8-6-15(7-9-16)14-4-2-1-3-5-14/h6-9,12-14H,1-5,10-11H2,(H,20,21,23). The second-order valence-electron chi connectivity index (χ2n) is 6.27. The molecule has 1 fully saturated rings. The summed E-state index contributed by atoms with van der Waals surface area (Å²) in [7, 11) is 0. The number of hydrogen-bond donors (Lipinski definition) is 1. The van der Waals surface area contributed by atoms with Gasteiger partial charge in [0.25, 0.3) is 0 Å². The summed E-state index contributed by atoms with van der Waals surface area (Å²) in [5, 5.41) is 5.07. The highest BCUT2D eigenvalue weighted by Gasteiger charge is 2.16. The molecule has 0 aliphatic heterocycles. The van der Waals surface area contributed by atoms with Gasteiger partial charge in [-0.3, -0.25) is 9.59 Å². The number of hydrogen-bond acceptors (Lipinski definition) is 4. The summed E-state index contributed by atoms with van der Waals surface area (Å²) in [6.07, 6.45) is 8.51. The van der Waals surface area contributed by atoms with Gasteiger partial charge in [-0.2, -0.15) is 0 Å². The fourth-order valence-corrected chi connectivity index (χ4v) is 3.76. The highest BCUT2D eigenvalue weighted by Crippen LogP contribution is 2.32. The third kappa shape index (κ3) is 4.51. The summed E-state index contributed by atoms with van der Waals surface area (Å²) in [5.74, 6) is 0.489. The molecule has 1 aromatic heterocycles. The lowest BCUT2D eigenvalue weighted by Gasteiger charge is -2.22. The first-order valence-electron chi connectivity index (χ1n) is 8.55. The van der Waals surface area contributed by atoms with Gasteiger partial charge in [0.2, 0.25) is 5.91 Å². The maximum Gasteiger partial charge on any atom is 0.226 e. The zero-order chi connectivity index (χ0) is 16.8. The summed E-state index contributed by atoms with van der Waals surface area (Å²) < 4.78 is 0. The third-order valence-electron chi connectivity index (χ3n) is 4.57. The van der Waals surface area contributed by atoms with Crippen LogP contribution in [0.1, 0.15) is 66.8 Å². The fraction of sp³-hybridized carbons (Fsp3) is 0.421. The lowest BCUT2D eigenvalue weighted by Crippen LogP contribution is -2.13. The molecule has 1 aliphatic carbocycles. The van der Waals surface area contributed by atoms with Crippen LogP contribution in [0.25, 0.3) is 0 Å². The van der Waals surface area contributed by atoms with E-state index in [1.54, 1.807) is 11.6 Å². The number of nitrogens with one attached hydrogen (secondary N) is 1. The normalized spacial score (nSPS) is 15.2. The fourth-order valence-electron chi connectivity index (χ4n) is 3.22. The molecule has 0 unspecified atom stereocenters. The Labute approximate surface area is 146 Å². The van der Waals surface area contributed by atoms with Gasteiger partial charge in [-0.15, -0.1) is 11.3 Å². The van der Waals surface area contributed by atoms with E-state index in [0.29, 0.717) is 16.6 Å². The van der Waals surface area contributed by atoms with Crippen LogP contribution in [-0.4, -0.2) is 16.7 Å². The summed E-state index contributed by atoms with van der Waals surface area (Å²) in [6.45, 7) is 0. The third-order valence-corrected chi connectivity index (χ3v) is 5.26. The molecule has 1 N–H and O–H groups in total. The summed E-state index contributed by atoms with van der Waals surface area (Å²) in [5.41, 5.74) is 2.03. The Morgan fingerprint density at radius 3 is 2.50 bits per heavy atom. The molecule has 0 bridgehead atoms. The van der Waals surface area contributed by atoms with Gasteiger partial charge in [-0.25, -0.2) is 4.98 Å². The SMILES string of the molecule is O=C(CCC(=O)c1ccc(C2CCCCC2)cc1)Nc1nccs1. The van der Waals surface area contributed by atoms with Gasteiger partial charge < -0.3 is 5.32 Å².